The molecule has 3 atom stereocenters. The topological polar surface area (TPSA) is 117 Å². The van der Waals surface area contributed by atoms with Gasteiger partial charge in [-0.3, -0.25) is 13.9 Å². The number of nitrogens with zero attached hydrogens (tertiary/aromatic N) is 4. The first-order valence-electron chi connectivity index (χ1n) is 10.7. The van der Waals surface area contributed by atoms with Crippen molar-refractivity contribution in [2.75, 3.05) is 11.9 Å². The number of primary amides is 1. The summed E-state index contributed by atoms with van der Waals surface area (Å²) in [6.45, 7) is 2.47. The molecule has 2 saturated heterocycles. The predicted molar refractivity (Wildman–Crippen MR) is 116 cm³/mol. The van der Waals surface area contributed by atoms with E-state index in [9.17, 15) is 14.0 Å². The van der Waals surface area contributed by atoms with Gasteiger partial charge in [0.05, 0.1) is 17.9 Å². The minimum absolute atomic E-state index is 0.00276. The molecule has 6 rings (SSSR count). The van der Waals surface area contributed by atoms with Gasteiger partial charge in [0.1, 0.15) is 11.3 Å². The number of amides is 1. The lowest BCUT2D eigenvalue weighted by atomic mass is 9.98. The summed E-state index contributed by atoms with van der Waals surface area (Å²) in [6, 6.07) is 2.59. The van der Waals surface area contributed by atoms with Crippen LogP contribution in [0.15, 0.2) is 23.1 Å². The largest absolute Gasteiger partial charge is 0.378 e. The van der Waals surface area contributed by atoms with Gasteiger partial charge in [0.15, 0.2) is 5.65 Å². The van der Waals surface area contributed by atoms with E-state index in [1.165, 1.54) is 12.1 Å². The van der Waals surface area contributed by atoms with Gasteiger partial charge in [-0.2, -0.15) is 4.98 Å². The van der Waals surface area contributed by atoms with Gasteiger partial charge in [0.25, 0.3) is 5.91 Å². The lowest BCUT2D eigenvalue weighted by molar-refractivity contribution is -0.00229. The average molecular weight is 440 g/mol. The van der Waals surface area contributed by atoms with Crippen LogP contribution in [0.25, 0.3) is 11.2 Å². The van der Waals surface area contributed by atoms with Gasteiger partial charge in [-0.05, 0) is 56.2 Å². The molecule has 2 aliphatic heterocycles. The van der Waals surface area contributed by atoms with E-state index < -0.39 is 11.7 Å². The Balaban J connectivity index is 1.54. The molecule has 1 amide bonds. The standard InChI is InChI=1S/C22H25FN6O3/c1-11-5-15(19(24)30)16(23)8-17(11)26-21-25-9-18-20(27-21)29(22(31)28(18)2)13-6-12-3-4-14(7-13)32-10-12/h5,8-9,12-14H,3-4,6-7,10H2,1-2H3,(H2,24,30)(H,25,26,27). The van der Waals surface area contributed by atoms with Crippen molar-refractivity contribution in [3.8, 4) is 0 Å². The van der Waals surface area contributed by atoms with Crippen LogP contribution in [-0.4, -0.2) is 37.7 Å². The van der Waals surface area contributed by atoms with Crippen molar-refractivity contribution >= 4 is 28.7 Å². The predicted octanol–water partition coefficient (Wildman–Crippen LogP) is 2.55. The van der Waals surface area contributed by atoms with E-state index in [4.69, 9.17) is 10.5 Å². The Morgan fingerprint density at radius 3 is 2.84 bits per heavy atom. The summed E-state index contributed by atoms with van der Waals surface area (Å²) >= 11 is 0. The lowest BCUT2D eigenvalue weighted by Gasteiger charge is -2.23. The quantitative estimate of drug-likeness (QED) is 0.644. The fourth-order valence-corrected chi connectivity index (χ4v) is 4.88. The molecule has 2 aromatic heterocycles. The molecular formula is C22H25FN6O3. The number of ether oxygens (including phenoxy) is 1. The highest BCUT2D eigenvalue weighted by Crippen LogP contribution is 2.37. The third kappa shape index (κ3) is 3.44. The third-order valence-electron chi connectivity index (χ3n) is 6.63. The SMILES string of the molecule is Cc1cc(C(N)=O)c(F)cc1Nc1ncc2c(n1)n(C1CC3CCC(C1)OC3)c(=O)n2C. The van der Waals surface area contributed by atoms with E-state index >= 15 is 0 Å². The number of nitrogens with one attached hydrogen (secondary N) is 1. The van der Waals surface area contributed by atoms with Crippen molar-refractivity contribution in [3.63, 3.8) is 0 Å². The number of nitrogens with two attached hydrogens (primary N) is 1. The second-order valence-electron chi connectivity index (χ2n) is 8.77. The first-order valence-corrected chi connectivity index (χ1v) is 10.7. The maximum atomic E-state index is 14.3. The van der Waals surface area contributed by atoms with E-state index in [0.717, 1.165) is 32.3 Å². The van der Waals surface area contributed by atoms with Gasteiger partial charge in [-0.1, -0.05) is 0 Å². The highest BCUT2D eigenvalue weighted by atomic mass is 19.1. The molecule has 168 valence electrons. The van der Waals surface area contributed by atoms with E-state index in [1.54, 1.807) is 29.3 Å². The van der Waals surface area contributed by atoms with Crippen LogP contribution in [0.3, 0.4) is 0 Å². The molecule has 1 saturated carbocycles. The van der Waals surface area contributed by atoms with E-state index in [-0.39, 0.29) is 29.3 Å². The Morgan fingerprint density at radius 1 is 1.31 bits per heavy atom. The maximum Gasteiger partial charge on any atom is 0.330 e. The molecule has 3 aromatic rings. The Labute approximate surface area is 183 Å². The highest BCUT2D eigenvalue weighted by molar-refractivity contribution is 5.94. The molecule has 4 heterocycles. The fraction of sp³-hybridized carbons (Fsp3) is 0.455. The van der Waals surface area contributed by atoms with Crippen LogP contribution in [-0.2, 0) is 11.8 Å². The Hall–Kier alpha value is -3.27. The second-order valence-corrected chi connectivity index (χ2v) is 8.77. The number of benzene rings is 1. The number of carbonyl (C=O) groups is 1. The number of carbonyl (C=O) groups excluding carboxylic acids is 1. The number of hydrogen-bond acceptors (Lipinski definition) is 6. The van der Waals surface area contributed by atoms with Crippen molar-refractivity contribution < 1.29 is 13.9 Å². The number of aromatic nitrogens is 4. The third-order valence-corrected chi connectivity index (χ3v) is 6.63. The van der Waals surface area contributed by atoms with Crippen molar-refractivity contribution in [3.05, 3.63) is 45.8 Å². The summed E-state index contributed by atoms with van der Waals surface area (Å²) in [7, 11) is 1.71. The number of halogens is 1. The van der Waals surface area contributed by atoms with Crippen LogP contribution in [0.2, 0.25) is 0 Å². The summed E-state index contributed by atoms with van der Waals surface area (Å²) in [6.07, 6.45) is 5.55. The minimum atomic E-state index is -0.829. The van der Waals surface area contributed by atoms with Gasteiger partial charge in [-0.25, -0.2) is 14.2 Å². The Kier molecular flexibility index (Phi) is 4.96. The fourth-order valence-electron chi connectivity index (χ4n) is 4.88. The van der Waals surface area contributed by atoms with Crippen LogP contribution < -0.4 is 16.7 Å². The summed E-state index contributed by atoms with van der Waals surface area (Å²) in [5.74, 6) is -0.879. The summed E-state index contributed by atoms with van der Waals surface area (Å²) in [5.41, 5.74) is 7.11. The molecule has 9 nitrogen and oxygen atoms in total. The monoisotopic (exact) mass is 440 g/mol. The number of hydrogen-bond donors (Lipinski definition) is 2. The zero-order valence-electron chi connectivity index (χ0n) is 18.0. The zero-order valence-corrected chi connectivity index (χ0v) is 18.0. The molecule has 32 heavy (non-hydrogen) atoms. The average Bonchev–Trinajstić information content (AvgIpc) is 2.94. The number of imidazole rings is 1. The van der Waals surface area contributed by atoms with Crippen LogP contribution in [0.4, 0.5) is 16.0 Å². The summed E-state index contributed by atoms with van der Waals surface area (Å²) < 4.78 is 23.5. The number of aryl methyl sites for hydroxylation is 2. The molecule has 0 spiro atoms. The highest BCUT2D eigenvalue weighted by Gasteiger charge is 2.34. The van der Waals surface area contributed by atoms with Crippen LogP contribution in [0.5, 0.6) is 0 Å². The molecule has 1 aliphatic carbocycles. The second kappa shape index (κ2) is 7.70. The molecule has 1 aromatic carbocycles. The van der Waals surface area contributed by atoms with Gasteiger partial charge >= 0.3 is 5.69 Å². The lowest BCUT2D eigenvalue weighted by Crippen LogP contribution is -2.27. The molecule has 2 bridgehead atoms. The molecule has 3 fully saturated rings. The molecule has 3 aliphatic rings. The molecule has 10 heteroatoms. The smallest absolute Gasteiger partial charge is 0.330 e. The molecule has 3 N–H and O–H groups in total. The van der Waals surface area contributed by atoms with E-state index in [1.807, 2.05) is 0 Å². The van der Waals surface area contributed by atoms with Crippen LogP contribution in [0.1, 0.15) is 47.6 Å². The number of fused-ring (bicyclic) bond motifs is 5. The van der Waals surface area contributed by atoms with Gasteiger partial charge in [0.2, 0.25) is 5.95 Å². The molecular weight excluding hydrogens is 415 g/mol. The van der Waals surface area contributed by atoms with E-state index in [0.29, 0.717) is 28.3 Å². The zero-order chi connectivity index (χ0) is 22.6. The molecule has 0 radical (unpaired) electrons. The Morgan fingerprint density at radius 2 is 2.12 bits per heavy atom. The van der Waals surface area contributed by atoms with Gasteiger partial charge < -0.3 is 15.8 Å². The van der Waals surface area contributed by atoms with Crippen molar-refractivity contribution in [1.82, 2.24) is 19.1 Å². The first-order chi connectivity index (χ1) is 15.3. The number of anilines is 2. The number of rotatable bonds is 4. The van der Waals surface area contributed by atoms with Gasteiger partial charge in [0, 0.05) is 25.4 Å². The Bertz CT molecular complexity index is 1260. The summed E-state index contributed by atoms with van der Waals surface area (Å²) in [4.78, 5) is 33.4. The normalized spacial score (nSPS) is 22.8. The van der Waals surface area contributed by atoms with Crippen LogP contribution in [0, 0.1) is 18.7 Å². The van der Waals surface area contributed by atoms with Crippen molar-refractivity contribution in [2.24, 2.45) is 18.7 Å². The van der Waals surface area contributed by atoms with Crippen molar-refractivity contribution in [1.29, 1.82) is 0 Å². The van der Waals surface area contributed by atoms with Gasteiger partial charge in [-0.15, -0.1) is 0 Å². The molecule has 3 unspecified atom stereocenters. The first kappa shape index (κ1) is 20.6. The van der Waals surface area contributed by atoms with Crippen LogP contribution >= 0.6 is 0 Å². The maximum absolute atomic E-state index is 14.3. The minimum Gasteiger partial charge on any atom is -0.378 e. The van der Waals surface area contributed by atoms with Crippen molar-refractivity contribution in [2.45, 2.75) is 44.8 Å². The van der Waals surface area contributed by atoms with E-state index in [2.05, 4.69) is 15.3 Å². The summed E-state index contributed by atoms with van der Waals surface area (Å²) in [5, 5.41) is 3.01.